The summed E-state index contributed by atoms with van der Waals surface area (Å²) in [5, 5.41) is 16.2. The fourth-order valence-electron chi connectivity index (χ4n) is 2.67. The Bertz CT molecular complexity index is 978. The number of nitrogens with zero attached hydrogens (tertiary/aromatic N) is 2. The number of hydrogen-bond acceptors (Lipinski definition) is 6. The monoisotopic (exact) mass is 551 g/mol. The van der Waals surface area contributed by atoms with E-state index in [4.69, 9.17) is 4.84 Å². The first-order chi connectivity index (χ1) is 14.0. The minimum Gasteiger partial charge on any atom is -0.506 e. The van der Waals surface area contributed by atoms with Crippen molar-refractivity contribution in [1.82, 2.24) is 10.2 Å². The summed E-state index contributed by atoms with van der Waals surface area (Å²) in [7, 11) is 1.60. The summed E-state index contributed by atoms with van der Waals surface area (Å²) in [5.74, 6) is -0.937. The molecule has 12 heteroatoms. The third-order valence-electron chi connectivity index (χ3n) is 4.04. The molecule has 1 unspecified atom stereocenters. The van der Waals surface area contributed by atoms with Gasteiger partial charge in [0.1, 0.15) is 11.5 Å². The van der Waals surface area contributed by atoms with Crippen LogP contribution in [0.1, 0.15) is 17.4 Å². The van der Waals surface area contributed by atoms with E-state index >= 15 is 0 Å². The van der Waals surface area contributed by atoms with Crippen LogP contribution >= 0.6 is 31.9 Å². The number of carbonyl (C=O) groups is 1. The van der Waals surface area contributed by atoms with E-state index in [-0.39, 0.29) is 23.9 Å². The number of nitrogens with one attached hydrogen (secondary N) is 1. The highest BCUT2D eigenvalue weighted by molar-refractivity contribution is 9.11. The number of amidine groups is 1. The Morgan fingerprint density at radius 3 is 2.60 bits per heavy atom. The Labute approximate surface area is 185 Å². The molecule has 7 nitrogen and oxygen atoms in total. The zero-order chi connectivity index (χ0) is 22.1. The van der Waals surface area contributed by atoms with Gasteiger partial charge in [-0.05, 0) is 61.7 Å². The Kier molecular flexibility index (Phi) is 6.46. The lowest BCUT2D eigenvalue weighted by Crippen LogP contribution is -2.39. The number of ether oxygens (including phenoxy) is 1. The number of hydrogen-bond donors (Lipinski definition) is 2. The molecule has 0 radical (unpaired) electrons. The van der Waals surface area contributed by atoms with Crippen LogP contribution in [0.4, 0.5) is 13.2 Å². The predicted octanol–water partition coefficient (Wildman–Crippen LogP) is 4.41. The molecule has 1 heterocycles. The molecule has 160 valence electrons. The number of amides is 1. The number of likely N-dealkylation sites (N-methyl/N-ethyl adjacent to an activating group) is 1. The number of phenolic OH excluding ortho intramolecular Hbond substituents is 1. The van der Waals surface area contributed by atoms with Crippen LogP contribution in [0.2, 0.25) is 0 Å². The van der Waals surface area contributed by atoms with Gasteiger partial charge in [0.25, 0.3) is 5.91 Å². The highest BCUT2D eigenvalue weighted by atomic mass is 79.9. The third kappa shape index (κ3) is 5.17. The van der Waals surface area contributed by atoms with Gasteiger partial charge in [-0.15, -0.1) is 13.2 Å². The number of phenols is 1. The van der Waals surface area contributed by atoms with Gasteiger partial charge in [0.15, 0.2) is 0 Å². The van der Waals surface area contributed by atoms with Gasteiger partial charge in [-0.2, -0.15) is 0 Å². The molecular weight excluding hydrogens is 539 g/mol. The van der Waals surface area contributed by atoms with E-state index in [2.05, 4.69) is 47.1 Å². The maximum absolute atomic E-state index is 12.5. The normalized spacial score (nSPS) is 16.1. The fraction of sp³-hybridized carbons (Fsp3) is 0.222. The number of benzene rings is 2. The van der Waals surface area contributed by atoms with Crippen molar-refractivity contribution in [2.45, 2.75) is 19.1 Å². The molecule has 0 spiro atoms. The smallest absolute Gasteiger partial charge is 0.506 e. The van der Waals surface area contributed by atoms with Gasteiger partial charge in [0.05, 0.1) is 8.95 Å². The quantitative estimate of drug-likeness (QED) is 0.574. The molecule has 1 aliphatic rings. The van der Waals surface area contributed by atoms with E-state index in [0.29, 0.717) is 20.1 Å². The zero-order valence-electron chi connectivity index (χ0n) is 15.2. The Hall–Kier alpha value is -2.47. The van der Waals surface area contributed by atoms with Crippen LogP contribution in [0, 0.1) is 0 Å². The highest BCUT2D eigenvalue weighted by Gasteiger charge is 2.33. The molecule has 30 heavy (non-hydrogen) atoms. The summed E-state index contributed by atoms with van der Waals surface area (Å²) in [6.07, 6.45) is -5.50. The van der Waals surface area contributed by atoms with Crippen LogP contribution in [0.25, 0.3) is 0 Å². The summed E-state index contributed by atoms with van der Waals surface area (Å²) in [5.41, 5.74) is 1.04. The Morgan fingerprint density at radius 2 is 1.97 bits per heavy atom. The fourth-order valence-corrected chi connectivity index (χ4v) is 3.90. The van der Waals surface area contributed by atoms with E-state index in [1.165, 1.54) is 23.1 Å². The largest absolute Gasteiger partial charge is 0.573 e. The lowest BCUT2D eigenvalue weighted by atomic mass is 10.1. The Morgan fingerprint density at radius 1 is 1.30 bits per heavy atom. The second kappa shape index (κ2) is 8.72. The highest BCUT2D eigenvalue weighted by Crippen LogP contribution is 2.37. The summed E-state index contributed by atoms with van der Waals surface area (Å²) >= 11 is 6.46. The van der Waals surface area contributed by atoms with E-state index in [9.17, 15) is 23.1 Å². The molecule has 1 aliphatic heterocycles. The van der Waals surface area contributed by atoms with Crippen LogP contribution in [-0.2, 0) is 16.2 Å². The number of aromatic hydroxyl groups is 1. The molecule has 0 saturated carbocycles. The maximum Gasteiger partial charge on any atom is 0.573 e. The average molecular weight is 553 g/mol. The minimum atomic E-state index is -4.80. The molecule has 2 aromatic carbocycles. The van der Waals surface area contributed by atoms with Crippen molar-refractivity contribution < 1.29 is 32.6 Å². The van der Waals surface area contributed by atoms with Crippen LogP contribution in [0.15, 0.2) is 50.5 Å². The second-order valence-corrected chi connectivity index (χ2v) is 7.90. The van der Waals surface area contributed by atoms with Gasteiger partial charge in [-0.1, -0.05) is 17.3 Å². The van der Waals surface area contributed by atoms with Gasteiger partial charge >= 0.3 is 6.36 Å². The van der Waals surface area contributed by atoms with Gasteiger partial charge in [-0.25, -0.2) is 0 Å². The average Bonchev–Trinajstić information content (AvgIpc) is 3.04. The predicted molar refractivity (Wildman–Crippen MR) is 108 cm³/mol. The number of rotatable bonds is 5. The van der Waals surface area contributed by atoms with Crippen molar-refractivity contribution in [3.8, 4) is 11.5 Å². The molecule has 0 aromatic heterocycles. The first kappa shape index (κ1) is 22.2. The number of alkyl halides is 3. The van der Waals surface area contributed by atoms with Crippen molar-refractivity contribution in [2.24, 2.45) is 5.16 Å². The van der Waals surface area contributed by atoms with Crippen molar-refractivity contribution in [2.75, 3.05) is 7.05 Å². The molecule has 2 N–H and O–H groups in total. The third-order valence-corrected chi connectivity index (χ3v) is 5.25. The molecule has 1 amide bonds. The molecule has 0 saturated heterocycles. The van der Waals surface area contributed by atoms with Gasteiger partial charge in [0.2, 0.25) is 12.1 Å². The molecule has 2 aromatic rings. The van der Waals surface area contributed by atoms with E-state index < -0.39 is 18.5 Å². The summed E-state index contributed by atoms with van der Waals surface area (Å²) < 4.78 is 41.7. The second-order valence-electron chi connectivity index (χ2n) is 6.19. The van der Waals surface area contributed by atoms with Crippen molar-refractivity contribution in [3.63, 3.8) is 0 Å². The van der Waals surface area contributed by atoms with E-state index in [1.54, 1.807) is 25.2 Å². The summed E-state index contributed by atoms with van der Waals surface area (Å²) in [4.78, 5) is 19.3. The van der Waals surface area contributed by atoms with E-state index in [0.717, 1.165) is 0 Å². The molecule has 0 aliphatic carbocycles. The number of carbonyl (C=O) groups excluding carboxylic acids is 1. The van der Waals surface area contributed by atoms with Crippen molar-refractivity contribution in [3.05, 3.63) is 56.5 Å². The van der Waals surface area contributed by atoms with Gasteiger partial charge in [-0.3, -0.25) is 4.79 Å². The summed E-state index contributed by atoms with van der Waals surface area (Å²) in [6.45, 7) is -0.0400. The Balaban J connectivity index is 1.64. The molecule has 0 fully saturated rings. The SMILES string of the molecule is CN1C(C(=O)NCc2cccc(OC(F)(F)F)c2)=NOC1c1cc(Br)c(O)c(Br)c1. The topological polar surface area (TPSA) is 83.4 Å². The molecular formula is C18H14Br2F3N3O4. The van der Waals surface area contributed by atoms with Crippen molar-refractivity contribution in [1.29, 1.82) is 0 Å². The zero-order valence-corrected chi connectivity index (χ0v) is 18.4. The van der Waals surface area contributed by atoms with Crippen LogP contribution < -0.4 is 10.1 Å². The van der Waals surface area contributed by atoms with Crippen molar-refractivity contribution >= 4 is 43.6 Å². The number of oxime groups is 1. The lowest BCUT2D eigenvalue weighted by Gasteiger charge is -2.21. The minimum absolute atomic E-state index is 0.0111. The first-order valence-corrected chi connectivity index (χ1v) is 9.91. The van der Waals surface area contributed by atoms with Crippen LogP contribution in [0.3, 0.4) is 0 Å². The molecule has 3 rings (SSSR count). The summed E-state index contributed by atoms with van der Waals surface area (Å²) in [6, 6.07) is 8.54. The molecule has 0 bridgehead atoms. The van der Waals surface area contributed by atoms with Crippen LogP contribution in [0.5, 0.6) is 11.5 Å². The van der Waals surface area contributed by atoms with Crippen LogP contribution in [-0.4, -0.2) is 35.2 Å². The van der Waals surface area contributed by atoms with E-state index in [1.807, 2.05) is 0 Å². The standard InChI is InChI=1S/C18H14Br2F3N3O4/c1-26-15(25-30-17(26)10-6-12(19)14(27)13(20)7-10)16(28)24-8-9-3-2-4-11(5-9)29-18(21,22)23/h2-7,17,27H,8H2,1H3,(H,24,28). The van der Waals surface area contributed by atoms with Gasteiger partial charge < -0.3 is 24.9 Å². The lowest BCUT2D eigenvalue weighted by molar-refractivity contribution is -0.274. The maximum atomic E-state index is 12.5. The molecule has 1 atom stereocenters. The number of halogens is 5. The first-order valence-electron chi connectivity index (χ1n) is 8.32. The van der Waals surface area contributed by atoms with Gasteiger partial charge in [0, 0.05) is 19.2 Å².